The van der Waals surface area contributed by atoms with Crippen molar-refractivity contribution < 1.29 is 13.2 Å². The molecule has 0 aliphatic heterocycles. The summed E-state index contributed by atoms with van der Waals surface area (Å²) in [7, 11) is -3.15. The van der Waals surface area contributed by atoms with Gasteiger partial charge < -0.3 is 11.1 Å². The Labute approximate surface area is 139 Å². The average molecular weight is 357 g/mol. The number of amides is 1. The van der Waals surface area contributed by atoms with Crippen LogP contribution in [0.25, 0.3) is 5.69 Å². The molecular weight excluding hydrogens is 340 g/mol. The summed E-state index contributed by atoms with van der Waals surface area (Å²) in [5.41, 5.74) is 6.85. The number of carbonyl (C=O) groups is 1. The number of aromatic nitrogens is 2. The highest BCUT2D eigenvalue weighted by Gasteiger charge is 2.16. The number of benzene rings is 1. The maximum absolute atomic E-state index is 12.0. The van der Waals surface area contributed by atoms with E-state index >= 15 is 0 Å². The molecule has 0 saturated heterocycles. The van der Waals surface area contributed by atoms with Gasteiger partial charge in [0.1, 0.15) is 9.84 Å². The molecule has 0 bridgehead atoms. The third-order valence-electron chi connectivity index (χ3n) is 3.10. The van der Waals surface area contributed by atoms with E-state index in [1.807, 2.05) is 0 Å². The summed E-state index contributed by atoms with van der Waals surface area (Å²) >= 11 is 6.18. The van der Waals surface area contributed by atoms with Crippen molar-refractivity contribution in [3.63, 3.8) is 0 Å². The van der Waals surface area contributed by atoms with Gasteiger partial charge >= 0.3 is 0 Å². The Morgan fingerprint density at radius 2 is 2.22 bits per heavy atom. The first kappa shape index (κ1) is 17.5. The highest BCUT2D eigenvalue weighted by molar-refractivity contribution is 7.90. The molecule has 0 radical (unpaired) electrons. The molecule has 0 aliphatic carbocycles. The largest absolute Gasteiger partial charge is 0.325 e. The van der Waals surface area contributed by atoms with E-state index in [0.717, 1.165) is 6.26 Å². The van der Waals surface area contributed by atoms with Gasteiger partial charge in [-0.25, -0.2) is 13.1 Å². The van der Waals surface area contributed by atoms with Gasteiger partial charge in [0.2, 0.25) is 5.91 Å². The molecule has 9 heteroatoms. The van der Waals surface area contributed by atoms with E-state index in [0.29, 0.717) is 16.4 Å². The van der Waals surface area contributed by atoms with Crippen LogP contribution in [0.1, 0.15) is 6.42 Å². The standard InChI is InChI=1S/C14H17ClN4O3S/c1-23(21,22)8-5-12(16)14(20)18-10-3-4-13(11(15)9-10)19-7-2-6-17-19/h2-4,6-7,9,12H,5,8,16H2,1H3,(H,18,20). The summed E-state index contributed by atoms with van der Waals surface area (Å²) in [5, 5.41) is 7.11. The van der Waals surface area contributed by atoms with Gasteiger partial charge in [-0.3, -0.25) is 4.79 Å². The zero-order valence-electron chi connectivity index (χ0n) is 12.4. The quantitative estimate of drug-likeness (QED) is 0.809. The van der Waals surface area contributed by atoms with E-state index in [9.17, 15) is 13.2 Å². The van der Waals surface area contributed by atoms with Crippen molar-refractivity contribution in [2.24, 2.45) is 5.73 Å². The van der Waals surface area contributed by atoms with E-state index < -0.39 is 21.8 Å². The lowest BCUT2D eigenvalue weighted by Gasteiger charge is -2.13. The average Bonchev–Trinajstić information content (AvgIpc) is 2.98. The normalized spacial score (nSPS) is 12.8. The molecule has 0 spiro atoms. The van der Waals surface area contributed by atoms with Crippen LogP contribution in [0.2, 0.25) is 5.02 Å². The maximum atomic E-state index is 12.0. The SMILES string of the molecule is CS(=O)(=O)CCC(N)C(=O)Nc1ccc(-n2cccn2)c(Cl)c1. The highest BCUT2D eigenvalue weighted by atomic mass is 35.5. The first-order valence-electron chi connectivity index (χ1n) is 6.80. The van der Waals surface area contributed by atoms with Crippen molar-refractivity contribution in [3.05, 3.63) is 41.7 Å². The smallest absolute Gasteiger partial charge is 0.241 e. The van der Waals surface area contributed by atoms with Crippen LogP contribution in [0.4, 0.5) is 5.69 Å². The zero-order chi connectivity index (χ0) is 17.0. The van der Waals surface area contributed by atoms with Crippen LogP contribution in [0.3, 0.4) is 0 Å². The molecule has 3 N–H and O–H groups in total. The van der Waals surface area contributed by atoms with E-state index in [-0.39, 0.29) is 12.2 Å². The van der Waals surface area contributed by atoms with Gasteiger partial charge in [-0.2, -0.15) is 5.10 Å². The zero-order valence-corrected chi connectivity index (χ0v) is 14.0. The Hall–Kier alpha value is -1.90. The molecule has 1 aromatic heterocycles. The number of carbonyl (C=O) groups excluding carboxylic acids is 1. The Balaban J connectivity index is 2.03. The van der Waals surface area contributed by atoms with Gasteiger partial charge in [-0.05, 0) is 30.7 Å². The van der Waals surface area contributed by atoms with Crippen LogP contribution < -0.4 is 11.1 Å². The van der Waals surface area contributed by atoms with E-state index in [1.165, 1.54) is 0 Å². The van der Waals surface area contributed by atoms with Gasteiger partial charge in [0.25, 0.3) is 0 Å². The van der Waals surface area contributed by atoms with Crippen molar-refractivity contribution in [2.75, 3.05) is 17.3 Å². The molecule has 1 atom stereocenters. The van der Waals surface area contributed by atoms with Gasteiger partial charge in [0.15, 0.2) is 0 Å². The van der Waals surface area contributed by atoms with Crippen LogP contribution in [0.15, 0.2) is 36.7 Å². The monoisotopic (exact) mass is 356 g/mol. The van der Waals surface area contributed by atoms with E-state index in [1.54, 1.807) is 41.3 Å². The number of hydrogen-bond acceptors (Lipinski definition) is 5. The third kappa shape index (κ3) is 5.05. The number of hydrogen-bond donors (Lipinski definition) is 2. The molecule has 0 aliphatic rings. The fourth-order valence-electron chi connectivity index (χ4n) is 1.89. The lowest BCUT2D eigenvalue weighted by Crippen LogP contribution is -2.37. The number of sulfone groups is 1. The predicted molar refractivity (Wildman–Crippen MR) is 89.5 cm³/mol. The summed E-state index contributed by atoms with van der Waals surface area (Å²) in [6, 6.07) is 5.83. The summed E-state index contributed by atoms with van der Waals surface area (Å²) in [6.07, 6.45) is 4.54. The van der Waals surface area contributed by atoms with Crippen LogP contribution in [0.5, 0.6) is 0 Å². The van der Waals surface area contributed by atoms with Crippen LogP contribution in [-0.2, 0) is 14.6 Å². The fraction of sp³-hybridized carbons (Fsp3) is 0.286. The second kappa shape index (κ2) is 7.12. The summed E-state index contributed by atoms with van der Waals surface area (Å²) < 4.78 is 23.8. The van der Waals surface area contributed by atoms with Gasteiger partial charge in [0.05, 0.1) is 22.5 Å². The van der Waals surface area contributed by atoms with Crippen molar-refractivity contribution in [1.29, 1.82) is 0 Å². The minimum Gasteiger partial charge on any atom is -0.325 e. The second-order valence-corrected chi connectivity index (χ2v) is 7.80. The Kier molecular flexibility index (Phi) is 5.40. The van der Waals surface area contributed by atoms with Gasteiger partial charge in [-0.1, -0.05) is 11.6 Å². The number of nitrogens with two attached hydrogens (primary N) is 1. The number of nitrogens with one attached hydrogen (secondary N) is 1. The summed E-state index contributed by atoms with van der Waals surface area (Å²) in [4.78, 5) is 12.0. The van der Waals surface area contributed by atoms with Crippen molar-refractivity contribution in [2.45, 2.75) is 12.5 Å². The summed E-state index contributed by atoms with van der Waals surface area (Å²) in [5.74, 6) is -0.600. The van der Waals surface area contributed by atoms with Crippen molar-refractivity contribution >= 4 is 33.0 Å². The fourth-order valence-corrected chi connectivity index (χ4v) is 2.84. The first-order valence-corrected chi connectivity index (χ1v) is 9.24. The van der Waals surface area contributed by atoms with Gasteiger partial charge in [-0.15, -0.1) is 0 Å². The van der Waals surface area contributed by atoms with Gasteiger partial charge in [0, 0.05) is 24.3 Å². The molecule has 1 aromatic carbocycles. The van der Waals surface area contributed by atoms with Crippen molar-refractivity contribution in [1.82, 2.24) is 9.78 Å². The summed E-state index contributed by atoms with van der Waals surface area (Å²) in [6.45, 7) is 0. The second-order valence-electron chi connectivity index (χ2n) is 5.13. The molecule has 124 valence electrons. The topological polar surface area (TPSA) is 107 Å². The molecule has 0 fully saturated rings. The highest BCUT2D eigenvalue weighted by Crippen LogP contribution is 2.23. The van der Waals surface area contributed by atoms with Crippen LogP contribution >= 0.6 is 11.6 Å². The molecule has 0 saturated carbocycles. The molecule has 7 nitrogen and oxygen atoms in total. The molecule has 2 aromatic rings. The number of halogens is 1. The van der Waals surface area contributed by atoms with E-state index in [2.05, 4.69) is 10.4 Å². The molecule has 1 unspecified atom stereocenters. The number of rotatable bonds is 6. The number of nitrogens with zero attached hydrogens (tertiary/aromatic N) is 2. The third-order valence-corrected chi connectivity index (χ3v) is 4.38. The molecule has 1 heterocycles. The Morgan fingerprint density at radius 1 is 1.48 bits per heavy atom. The molecule has 1 amide bonds. The molecule has 2 rings (SSSR count). The molecule has 23 heavy (non-hydrogen) atoms. The first-order chi connectivity index (χ1) is 10.8. The minimum atomic E-state index is -3.15. The van der Waals surface area contributed by atoms with Crippen LogP contribution in [0, 0.1) is 0 Å². The molecular formula is C14H17ClN4O3S. The van der Waals surface area contributed by atoms with Crippen molar-refractivity contribution in [3.8, 4) is 5.69 Å². The Bertz CT molecular complexity index is 790. The lowest BCUT2D eigenvalue weighted by molar-refractivity contribution is -0.117. The lowest BCUT2D eigenvalue weighted by atomic mass is 10.2. The minimum absolute atomic E-state index is 0.0593. The maximum Gasteiger partial charge on any atom is 0.241 e. The Morgan fingerprint density at radius 3 is 2.78 bits per heavy atom. The van der Waals surface area contributed by atoms with Crippen LogP contribution in [-0.4, -0.2) is 42.2 Å². The predicted octanol–water partition coefficient (Wildman–Crippen LogP) is 1.23. The number of anilines is 1. The van der Waals surface area contributed by atoms with E-state index in [4.69, 9.17) is 17.3 Å².